The maximum atomic E-state index is 11.5. The van der Waals surface area contributed by atoms with E-state index in [4.69, 9.17) is 10.8 Å². The molecule has 0 aromatic heterocycles. The summed E-state index contributed by atoms with van der Waals surface area (Å²) in [7, 11) is 0. The van der Waals surface area contributed by atoms with E-state index in [2.05, 4.69) is 10.6 Å². The van der Waals surface area contributed by atoms with Crippen molar-refractivity contribution in [2.24, 2.45) is 17.6 Å². The summed E-state index contributed by atoms with van der Waals surface area (Å²) < 4.78 is 0. The zero-order chi connectivity index (χ0) is 14.1. The normalized spacial score (nSPS) is 14.1. The van der Waals surface area contributed by atoms with Crippen LogP contribution < -0.4 is 16.4 Å². The Kier molecular flexibility index (Phi) is 8.32. The van der Waals surface area contributed by atoms with Gasteiger partial charge >= 0.3 is 0 Å². The Balaban J connectivity index is 3.80. The molecule has 6 nitrogen and oxygen atoms in total. The molecule has 0 spiro atoms. The number of carbonyl (C=O) groups is 2. The first kappa shape index (κ1) is 16.9. The van der Waals surface area contributed by atoms with Crippen LogP contribution >= 0.6 is 0 Å². The predicted octanol–water partition coefficient (Wildman–Crippen LogP) is -0.779. The van der Waals surface area contributed by atoms with E-state index < -0.39 is 6.04 Å². The number of aliphatic hydroxyl groups excluding tert-OH is 1. The standard InChI is InChI=1S/C12H25N3O3/c1-8(2)11(13)12(18)15-7-10(17)14-6-9(3)4-5-16/h8-9,11,16H,4-7,13H2,1-3H3,(H,14,17)(H,15,18)/t9?,11-/m0/s1. The number of carbonyl (C=O) groups excluding carboxylic acids is 2. The van der Waals surface area contributed by atoms with Crippen LogP contribution in [0.5, 0.6) is 0 Å². The third kappa shape index (κ3) is 7.24. The van der Waals surface area contributed by atoms with Crippen LogP contribution in [0.4, 0.5) is 0 Å². The first-order valence-corrected chi connectivity index (χ1v) is 6.29. The summed E-state index contributed by atoms with van der Waals surface area (Å²) >= 11 is 0. The van der Waals surface area contributed by atoms with E-state index in [9.17, 15) is 9.59 Å². The molecule has 2 amide bonds. The van der Waals surface area contributed by atoms with Crippen LogP contribution in [0.2, 0.25) is 0 Å². The molecule has 0 aliphatic carbocycles. The van der Waals surface area contributed by atoms with Gasteiger partial charge in [0.2, 0.25) is 11.8 Å². The number of hydrogen-bond acceptors (Lipinski definition) is 4. The zero-order valence-electron chi connectivity index (χ0n) is 11.4. The van der Waals surface area contributed by atoms with Gasteiger partial charge in [0, 0.05) is 13.2 Å². The molecule has 18 heavy (non-hydrogen) atoms. The first-order chi connectivity index (χ1) is 8.38. The first-order valence-electron chi connectivity index (χ1n) is 6.29. The Morgan fingerprint density at radius 1 is 1.22 bits per heavy atom. The summed E-state index contributed by atoms with van der Waals surface area (Å²) in [5.41, 5.74) is 5.64. The Morgan fingerprint density at radius 3 is 2.33 bits per heavy atom. The fraction of sp³-hybridized carbons (Fsp3) is 0.833. The quantitative estimate of drug-likeness (QED) is 0.459. The van der Waals surface area contributed by atoms with E-state index in [0.29, 0.717) is 13.0 Å². The summed E-state index contributed by atoms with van der Waals surface area (Å²) in [6.07, 6.45) is 0.644. The van der Waals surface area contributed by atoms with Crippen LogP contribution in [0.3, 0.4) is 0 Å². The number of amides is 2. The lowest BCUT2D eigenvalue weighted by molar-refractivity contribution is -0.127. The molecule has 106 valence electrons. The topological polar surface area (TPSA) is 104 Å². The van der Waals surface area contributed by atoms with Gasteiger partial charge < -0.3 is 21.5 Å². The Labute approximate surface area is 108 Å². The average Bonchev–Trinajstić information content (AvgIpc) is 2.32. The van der Waals surface area contributed by atoms with Crippen LogP contribution in [0, 0.1) is 11.8 Å². The van der Waals surface area contributed by atoms with Gasteiger partial charge in [-0.15, -0.1) is 0 Å². The van der Waals surface area contributed by atoms with Gasteiger partial charge in [-0.05, 0) is 18.3 Å². The van der Waals surface area contributed by atoms with Crippen molar-refractivity contribution < 1.29 is 14.7 Å². The summed E-state index contributed by atoms with van der Waals surface area (Å²) in [6, 6.07) is -0.592. The number of nitrogens with one attached hydrogen (secondary N) is 2. The Morgan fingerprint density at radius 2 is 1.83 bits per heavy atom. The molecular formula is C12H25N3O3. The zero-order valence-corrected chi connectivity index (χ0v) is 11.4. The van der Waals surface area contributed by atoms with Crippen molar-refractivity contribution in [2.45, 2.75) is 33.2 Å². The molecule has 0 saturated carbocycles. The lowest BCUT2D eigenvalue weighted by Gasteiger charge is -2.15. The molecule has 0 radical (unpaired) electrons. The molecule has 6 heteroatoms. The molecule has 5 N–H and O–H groups in total. The molecule has 0 aliphatic heterocycles. The second-order valence-electron chi connectivity index (χ2n) is 4.91. The molecule has 0 bridgehead atoms. The minimum absolute atomic E-state index is 0.0395. The van der Waals surface area contributed by atoms with Crippen LogP contribution in [-0.2, 0) is 9.59 Å². The van der Waals surface area contributed by atoms with Crippen molar-refractivity contribution >= 4 is 11.8 Å². The van der Waals surface area contributed by atoms with Gasteiger partial charge in [-0.3, -0.25) is 9.59 Å². The lowest BCUT2D eigenvalue weighted by atomic mass is 10.1. The largest absolute Gasteiger partial charge is 0.396 e. The second-order valence-corrected chi connectivity index (χ2v) is 4.91. The van der Waals surface area contributed by atoms with Gasteiger partial charge in [-0.25, -0.2) is 0 Å². The van der Waals surface area contributed by atoms with E-state index in [1.165, 1.54) is 0 Å². The minimum atomic E-state index is -0.592. The molecule has 0 rings (SSSR count). The maximum absolute atomic E-state index is 11.5. The van der Waals surface area contributed by atoms with Crippen molar-refractivity contribution in [1.29, 1.82) is 0 Å². The summed E-state index contributed by atoms with van der Waals surface area (Å²) in [6.45, 7) is 6.17. The van der Waals surface area contributed by atoms with Crippen LogP contribution in [-0.4, -0.2) is 42.7 Å². The van der Waals surface area contributed by atoms with Gasteiger partial charge in [0.05, 0.1) is 12.6 Å². The predicted molar refractivity (Wildman–Crippen MR) is 69.7 cm³/mol. The third-order valence-corrected chi connectivity index (χ3v) is 2.71. The van der Waals surface area contributed by atoms with Gasteiger partial charge in [0.15, 0.2) is 0 Å². The van der Waals surface area contributed by atoms with E-state index in [0.717, 1.165) is 0 Å². The van der Waals surface area contributed by atoms with E-state index in [-0.39, 0.29) is 36.8 Å². The number of aliphatic hydroxyl groups is 1. The smallest absolute Gasteiger partial charge is 0.239 e. The number of hydrogen-bond donors (Lipinski definition) is 4. The van der Waals surface area contributed by atoms with Gasteiger partial charge in [-0.1, -0.05) is 20.8 Å². The highest BCUT2D eigenvalue weighted by Crippen LogP contribution is 1.98. The minimum Gasteiger partial charge on any atom is -0.396 e. The molecule has 0 aromatic rings. The molecular weight excluding hydrogens is 234 g/mol. The Bertz CT molecular complexity index is 269. The summed E-state index contributed by atoms with van der Waals surface area (Å²) in [5.74, 6) is -0.308. The van der Waals surface area contributed by atoms with Crippen LogP contribution in [0.15, 0.2) is 0 Å². The highest BCUT2D eigenvalue weighted by atomic mass is 16.3. The highest BCUT2D eigenvalue weighted by molar-refractivity contribution is 5.87. The number of rotatable bonds is 8. The van der Waals surface area contributed by atoms with Gasteiger partial charge in [0.25, 0.3) is 0 Å². The molecule has 0 heterocycles. The average molecular weight is 259 g/mol. The van der Waals surface area contributed by atoms with Crippen molar-refractivity contribution in [2.75, 3.05) is 19.7 Å². The van der Waals surface area contributed by atoms with Crippen molar-refractivity contribution in [1.82, 2.24) is 10.6 Å². The Hall–Kier alpha value is -1.14. The van der Waals surface area contributed by atoms with Crippen molar-refractivity contribution in [3.05, 3.63) is 0 Å². The van der Waals surface area contributed by atoms with E-state index >= 15 is 0 Å². The van der Waals surface area contributed by atoms with E-state index in [1.807, 2.05) is 20.8 Å². The molecule has 0 aliphatic rings. The molecule has 0 fully saturated rings. The van der Waals surface area contributed by atoms with Crippen molar-refractivity contribution in [3.63, 3.8) is 0 Å². The summed E-state index contributed by atoms with van der Waals surface area (Å²) in [4.78, 5) is 22.9. The van der Waals surface area contributed by atoms with Gasteiger partial charge in [0.1, 0.15) is 0 Å². The molecule has 1 unspecified atom stereocenters. The fourth-order valence-electron chi connectivity index (χ4n) is 1.26. The molecule has 0 aromatic carbocycles. The molecule has 0 saturated heterocycles. The third-order valence-electron chi connectivity index (χ3n) is 2.71. The van der Waals surface area contributed by atoms with Crippen molar-refractivity contribution in [3.8, 4) is 0 Å². The van der Waals surface area contributed by atoms with Gasteiger partial charge in [-0.2, -0.15) is 0 Å². The monoisotopic (exact) mass is 259 g/mol. The fourth-order valence-corrected chi connectivity index (χ4v) is 1.26. The SMILES string of the molecule is CC(CCO)CNC(=O)CNC(=O)[C@@H](N)C(C)C. The maximum Gasteiger partial charge on any atom is 0.239 e. The number of nitrogens with two attached hydrogens (primary N) is 1. The lowest BCUT2D eigenvalue weighted by Crippen LogP contribution is -2.47. The highest BCUT2D eigenvalue weighted by Gasteiger charge is 2.17. The van der Waals surface area contributed by atoms with Crippen LogP contribution in [0.1, 0.15) is 27.2 Å². The van der Waals surface area contributed by atoms with Crippen LogP contribution in [0.25, 0.3) is 0 Å². The van der Waals surface area contributed by atoms with E-state index in [1.54, 1.807) is 0 Å². The summed E-state index contributed by atoms with van der Waals surface area (Å²) in [5, 5.41) is 13.9. The second kappa shape index (κ2) is 8.88. The molecule has 2 atom stereocenters.